The van der Waals surface area contributed by atoms with Crippen LogP contribution >= 0.6 is 12.4 Å². The highest BCUT2D eigenvalue weighted by Gasteiger charge is 2.23. The molecule has 9 heteroatoms. The Kier molecular flexibility index (Phi) is 5.51. The first-order valence-corrected chi connectivity index (χ1v) is 7.24. The van der Waals surface area contributed by atoms with Gasteiger partial charge in [-0.05, 0) is 45.0 Å². The van der Waals surface area contributed by atoms with Crippen molar-refractivity contribution in [2.75, 3.05) is 18.4 Å². The van der Waals surface area contributed by atoms with Gasteiger partial charge in [0.1, 0.15) is 0 Å². The number of hydrogen-bond acceptors (Lipinski definition) is 6. The lowest BCUT2D eigenvalue weighted by Gasteiger charge is -2.23. The van der Waals surface area contributed by atoms with E-state index in [1.165, 1.54) is 12.3 Å². The van der Waals surface area contributed by atoms with Gasteiger partial charge in [-0.15, -0.1) is 17.5 Å². The number of carbonyl (C=O) groups excluding carboxylic acids is 1. The predicted octanol–water partition coefficient (Wildman–Crippen LogP) is 1.29. The highest BCUT2D eigenvalue weighted by Crippen LogP contribution is 2.22. The van der Waals surface area contributed by atoms with Gasteiger partial charge in [-0.3, -0.25) is 4.79 Å². The number of carbonyl (C=O) groups is 1. The molecule has 0 radical (unpaired) electrons. The second kappa shape index (κ2) is 7.38. The van der Waals surface area contributed by atoms with Gasteiger partial charge in [0, 0.05) is 6.20 Å². The summed E-state index contributed by atoms with van der Waals surface area (Å²) in [6.45, 7) is 3.70. The monoisotopic (exact) mass is 338 g/mol. The van der Waals surface area contributed by atoms with Gasteiger partial charge in [-0.2, -0.15) is 0 Å². The summed E-state index contributed by atoms with van der Waals surface area (Å²) in [5.41, 5.74) is 0.975. The average Bonchev–Trinajstić information content (AvgIpc) is 2.92. The maximum absolute atomic E-state index is 12.3. The number of aromatic hydroxyl groups is 1. The van der Waals surface area contributed by atoms with Crippen molar-refractivity contribution in [3.8, 4) is 5.75 Å². The van der Waals surface area contributed by atoms with E-state index >= 15 is 0 Å². The van der Waals surface area contributed by atoms with E-state index in [4.69, 9.17) is 0 Å². The van der Waals surface area contributed by atoms with Gasteiger partial charge in [0.25, 0.3) is 5.91 Å². The molecule has 2 aromatic heterocycles. The van der Waals surface area contributed by atoms with Crippen LogP contribution < -0.4 is 10.6 Å². The summed E-state index contributed by atoms with van der Waals surface area (Å²) in [6, 6.07) is 3.31. The number of aromatic nitrogens is 4. The number of rotatable bonds is 3. The van der Waals surface area contributed by atoms with Gasteiger partial charge in [0.2, 0.25) is 0 Å². The summed E-state index contributed by atoms with van der Waals surface area (Å²) in [7, 11) is 0. The molecule has 0 unspecified atom stereocenters. The Labute approximate surface area is 139 Å². The summed E-state index contributed by atoms with van der Waals surface area (Å²) in [5.74, 6) is -0.394. The molecule has 2 aromatic rings. The zero-order valence-electron chi connectivity index (χ0n) is 12.7. The van der Waals surface area contributed by atoms with Gasteiger partial charge in [0.15, 0.2) is 17.3 Å². The number of hydrogen-bond donors (Lipinski definition) is 3. The van der Waals surface area contributed by atoms with Gasteiger partial charge in [-0.25, -0.2) is 9.67 Å². The van der Waals surface area contributed by atoms with Gasteiger partial charge in [0.05, 0.1) is 11.7 Å². The summed E-state index contributed by atoms with van der Waals surface area (Å²) >= 11 is 0. The number of nitrogens with one attached hydrogen (secondary N) is 2. The number of halogens is 1. The number of amides is 1. The van der Waals surface area contributed by atoms with E-state index in [0.717, 1.165) is 31.6 Å². The number of anilines is 1. The Morgan fingerprint density at radius 2 is 2.17 bits per heavy atom. The first-order valence-electron chi connectivity index (χ1n) is 7.24. The van der Waals surface area contributed by atoms with Crippen molar-refractivity contribution in [1.82, 2.24) is 25.3 Å². The molecule has 1 amide bonds. The molecule has 0 bridgehead atoms. The Morgan fingerprint density at radius 3 is 2.87 bits per heavy atom. The van der Waals surface area contributed by atoms with E-state index in [9.17, 15) is 9.90 Å². The fourth-order valence-electron chi connectivity index (χ4n) is 2.61. The van der Waals surface area contributed by atoms with Crippen molar-refractivity contribution in [2.45, 2.75) is 25.8 Å². The highest BCUT2D eigenvalue weighted by atomic mass is 35.5. The van der Waals surface area contributed by atoms with Crippen LogP contribution in [0.1, 0.15) is 35.1 Å². The molecule has 8 nitrogen and oxygen atoms in total. The molecule has 0 aliphatic carbocycles. The largest absolute Gasteiger partial charge is 0.504 e. The third-order valence-corrected chi connectivity index (χ3v) is 3.82. The summed E-state index contributed by atoms with van der Waals surface area (Å²) in [4.78, 5) is 16.2. The summed E-state index contributed by atoms with van der Waals surface area (Å²) in [6.07, 6.45) is 3.42. The van der Waals surface area contributed by atoms with Crippen LogP contribution in [0.2, 0.25) is 0 Å². The lowest BCUT2D eigenvalue weighted by molar-refractivity contribution is 0.102. The third-order valence-electron chi connectivity index (χ3n) is 3.82. The van der Waals surface area contributed by atoms with Crippen molar-refractivity contribution in [3.63, 3.8) is 0 Å². The predicted molar refractivity (Wildman–Crippen MR) is 87.0 cm³/mol. The van der Waals surface area contributed by atoms with Crippen LogP contribution in [0.5, 0.6) is 5.75 Å². The second-order valence-electron chi connectivity index (χ2n) is 5.27. The molecule has 3 heterocycles. The Balaban J connectivity index is 0.00000192. The Hall–Kier alpha value is -2.19. The van der Waals surface area contributed by atoms with E-state index in [2.05, 4.69) is 25.9 Å². The molecule has 1 aliphatic heterocycles. The van der Waals surface area contributed by atoms with E-state index in [0.29, 0.717) is 0 Å². The molecule has 124 valence electrons. The Morgan fingerprint density at radius 1 is 1.43 bits per heavy atom. The zero-order valence-corrected chi connectivity index (χ0v) is 13.5. The third kappa shape index (κ3) is 3.59. The maximum Gasteiger partial charge on any atom is 0.279 e. The summed E-state index contributed by atoms with van der Waals surface area (Å²) < 4.78 is 1.81. The lowest BCUT2D eigenvalue weighted by Crippen LogP contribution is -2.30. The molecule has 1 aliphatic rings. The second-order valence-corrected chi connectivity index (χ2v) is 5.27. The minimum Gasteiger partial charge on any atom is -0.504 e. The van der Waals surface area contributed by atoms with Crippen LogP contribution in [-0.2, 0) is 0 Å². The van der Waals surface area contributed by atoms with E-state index in [1.807, 2.05) is 11.6 Å². The fourth-order valence-corrected chi connectivity index (χ4v) is 2.61. The lowest BCUT2D eigenvalue weighted by atomic mass is 10.1. The average molecular weight is 339 g/mol. The zero-order chi connectivity index (χ0) is 15.5. The van der Waals surface area contributed by atoms with Gasteiger partial charge < -0.3 is 15.7 Å². The molecule has 3 rings (SSSR count). The molecule has 0 aromatic carbocycles. The van der Waals surface area contributed by atoms with Gasteiger partial charge >= 0.3 is 0 Å². The smallest absolute Gasteiger partial charge is 0.279 e. The van der Waals surface area contributed by atoms with Crippen LogP contribution in [0.25, 0.3) is 0 Å². The topological polar surface area (TPSA) is 105 Å². The first-order chi connectivity index (χ1) is 10.7. The van der Waals surface area contributed by atoms with Crippen molar-refractivity contribution < 1.29 is 9.90 Å². The van der Waals surface area contributed by atoms with Crippen LogP contribution in [-0.4, -0.2) is 44.1 Å². The maximum atomic E-state index is 12.3. The van der Waals surface area contributed by atoms with Crippen molar-refractivity contribution in [2.24, 2.45) is 0 Å². The molecular formula is C14H19ClN6O2. The van der Waals surface area contributed by atoms with Crippen LogP contribution in [0.4, 0.5) is 5.82 Å². The molecule has 23 heavy (non-hydrogen) atoms. The van der Waals surface area contributed by atoms with Gasteiger partial charge in [-0.1, -0.05) is 5.21 Å². The van der Waals surface area contributed by atoms with Crippen molar-refractivity contribution in [1.29, 1.82) is 0 Å². The van der Waals surface area contributed by atoms with Crippen molar-refractivity contribution in [3.05, 3.63) is 29.7 Å². The minimum absolute atomic E-state index is 0. The molecule has 1 saturated heterocycles. The normalized spacial score (nSPS) is 15.0. The molecule has 0 spiro atoms. The number of nitrogens with zero attached hydrogens (tertiary/aromatic N) is 4. The summed E-state index contributed by atoms with van der Waals surface area (Å²) in [5, 5.41) is 23.6. The van der Waals surface area contributed by atoms with Crippen LogP contribution in [0.15, 0.2) is 18.3 Å². The fraction of sp³-hybridized carbons (Fsp3) is 0.429. The van der Waals surface area contributed by atoms with E-state index in [-0.39, 0.29) is 35.7 Å². The molecule has 0 saturated carbocycles. The SMILES string of the molecule is Cc1c(C(=O)Nc2ncccc2O)nnn1C1CCNCC1.Cl. The minimum atomic E-state index is -0.424. The highest BCUT2D eigenvalue weighted by molar-refractivity contribution is 6.03. The first kappa shape index (κ1) is 17.2. The van der Waals surface area contributed by atoms with E-state index < -0.39 is 5.91 Å². The quantitative estimate of drug-likeness (QED) is 0.778. The molecule has 3 N–H and O–H groups in total. The standard InChI is InChI=1S/C14H18N6O2.ClH/c1-9-12(14(22)17-13-11(21)3-2-6-16-13)18-19-20(9)10-4-7-15-8-5-10;/h2-3,6,10,15,21H,4-5,7-8H2,1H3,(H,16,17,22);1H. The van der Waals surface area contributed by atoms with Crippen LogP contribution in [0, 0.1) is 6.92 Å². The van der Waals surface area contributed by atoms with Crippen LogP contribution in [0.3, 0.4) is 0 Å². The molecule has 0 atom stereocenters. The van der Waals surface area contributed by atoms with E-state index in [1.54, 1.807) is 6.07 Å². The molecule has 1 fully saturated rings. The Bertz CT molecular complexity index is 684. The number of piperidine rings is 1. The van der Waals surface area contributed by atoms with Crippen molar-refractivity contribution >= 4 is 24.1 Å². The molecular weight excluding hydrogens is 320 g/mol. The number of pyridine rings is 1.